The number of hydrogen-bond donors (Lipinski definition) is 1. The van der Waals surface area contributed by atoms with Crippen LogP contribution in [0.4, 0.5) is 5.69 Å². The van der Waals surface area contributed by atoms with Crippen LogP contribution in [0.1, 0.15) is 23.2 Å². The molecule has 2 amide bonds. The number of para-hydroxylation sites is 1. The van der Waals surface area contributed by atoms with Crippen molar-refractivity contribution in [3.05, 3.63) is 29.8 Å². The summed E-state index contributed by atoms with van der Waals surface area (Å²) < 4.78 is 0. The Balaban J connectivity index is 2.30. The summed E-state index contributed by atoms with van der Waals surface area (Å²) in [5, 5.41) is 2.58. The molecule has 90 valence electrons. The Morgan fingerprint density at radius 1 is 1.29 bits per heavy atom. The number of nitrogens with one attached hydrogen (secondary N) is 1. The Morgan fingerprint density at radius 3 is 2.53 bits per heavy atom. The average molecular weight is 232 g/mol. The fraction of sp³-hybridized carbons (Fsp3) is 0.385. The lowest BCUT2D eigenvalue weighted by molar-refractivity contribution is -0.119. The molecule has 2 rings (SSSR count). The zero-order chi connectivity index (χ0) is 12.4. The molecule has 1 aliphatic carbocycles. The Hall–Kier alpha value is -1.84. The maximum atomic E-state index is 12.0. The highest BCUT2D eigenvalue weighted by molar-refractivity contribution is 6.05. The van der Waals surface area contributed by atoms with Crippen molar-refractivity contribution in [3.63, 3.8) is 0 Å². The first-order valence-electron chi connectivity index (χ1n) is 5.74. The lowest BCUT2D eigenvalue weighted by Crippen LogP contribution is -2.30. The molecule has 0 radical (unpaired) electrons. The van der Waals surface area contributed by atoms with Gasteiger partial charge in [0.05, 0.1) is 11.3 Å². The normalized spacial score (nSPS) is 14.2. The topological polar surface area (TPSA) is 49.4 Å². The Labute approximate surface area is 101 Å². The van der Waals surface area contributed by atoms with Gasteiger partial charge in [-0.05, 0) is 25.0 Å². The summed E-state index contributed by atoms with van der Waals surface area (Å²) in [6, 6.07) is 7.15. The van der Waals surface area contributed by atoms with E-state index in [1.165, 1.54) is 0 Å². The standard InChI is InChI=1S/C13H16N2O2/c1-14-12(16)10-5-3-4-6-11(10)15(2)13(17)9-7-8-9/h3-6,9H,7-8H2,1-2H3,(H,14,16). The number of amides is 2. The number of benzene rings is 1. The predicted molar refractivity (Wildman–Crippen MR) is 66.0 cm³/mol. The van der Waals surface area contributed by atoms with Gasteiger partial charge < -0.3 is 10.2 Å². The third-order valence-corrected chi connectivity index (χ3v) is 2.99. The van der Waals surface area contributed by atoms with Crippen LogP contribution >= 0.6 is 0 Å². The number of hydrogen-bond acceptors (Lipinski definition) is 2. The lowest BCUT2D eigenvalue weighted by Gasteiger charge is -2.19. The molecule has 1 aromatic carbocycles. The largest absolute Gasteiger partial charge is 0.355 e. The van der Waals surface area contributed by atoms with Crippen LogP contribution < -0.4 is 10.2 Å². The molecule has 1 saturated carbocycles. The summed E-state index contributed by atoms with van der Waals surface area (Å²) in [7, 11) is 3.31. The van der Waals surface area contributed by atoms with Crippen molar-refractivity contribution in [2.45, 2.75) is 12.8 Å². The van der Waals surface area contributed by atoms with Gasteiger partial charge in [0.2, 0.25) is 5.91 Å². The van der Waals surface area contributed by atoms with Gasteiger partial charge in [-0.2, -0.15) is 0 Å². The number of rotatable bonds is 3. The highest BCUT2D eigenvalue weighted by atomic mass is 16.2. The minimum absolute atomic E-state index is 0.0985. The van der Waals surface area contributed by atoms with E-state index < -0.39 is 0 Å². The number of carbonyl (C=O) groups excluding carboxylic acids is 2. The van der Waals surface area contributed by atoms with Gasteiger partial charge in [-0.25, -0.2) is 0 Å². The highest BCUT2D eigenvalue weighted by Gasteiger charge is 2.33. The first-order chi connectivity index (χ1) is 8.15. The summed E-state index contributed by atoms with van der Waals surface area (Å²) in [5.41, 5.74) is 1.20. The van der Waals surface area contributed by atoms with E-state index in [4.69, 9.17) is 0 Å². The SMILES string of the molecule is CNC(=O)c1ccccc1N(C)C(=O)C1CC1. The lowest BCUT2D eigenvalue weighted by atomic mass is 10.1. The number of carbonyl (C=O) groups is 2. The van der Waals surface area contributed by atoms with Crippen molar-refractivity contribution < 1.29 is 9.59 Å². The Kier molecular flexibility index (Phi) is 3.13. The predicted octanol–water partition coefficient (Wildman–Crippen LogP) is 1.42. The van der Waals surface area contributed by atoms with Crippen LogP contribution in [0.2, 0.25) is 0 Å². The number of nitrogens with zero attached hydrogens (tertiary/aromatic N) is 1. The quantitative estimate of drug-likeness (QED) is 0.856. The second-order valence-corrected chi connectivity index (χ2v) is 4.27. The number of anilines is 1. The molecule has 1 aliphatic rings. The third kappa shape index (κ3) is 2.30. The molecule has 1 aromatic rings. The van der Waals surface area contributed by atoms with Gasteiger partial charge >= 0.3 is 0 Å². The Bertz CT molecular complexity index is 452. The summed E-state index contributed by atoms with van der Waals surface area (Å²) in [6.07, 6.45) is 1.93. The van der Waals surface area contributed by atoms with E-state index in [0.29, 0.717) is 11.3 Å². The smallest absolute Gasteiger partial charge is 0.253 e. The van der Waals surface area contributed by atoms with Crippen LogP contribution in [-0.2, 0) is 4.79 Å². The molecule has 0 aliphatic heterocycles. The summed E-state index contributed by atoms with van der Waals surface area (Å²) in [4.78, 5) is 25.2. The van der Waals surface area contributed by atoms with Crippen molar-refractivity contribution >= 4 is 17.5 Å². The van der Waals surface area contributed by atoms with Gasteiger partial charge in [-0.15, -0.1) is 0 Å². The van der Waals surface area contributed by atoms with Gasteiger partial charge in [-0.3, -0.25) is 9.59 Å². The molecule has 0 aromatic heterocycles. The first kappa shape index (κ1) is 11.6. The van der Waals surface area contributed by atoms with E-state index in [1.54, 1.807) is 37.2 Å². The molecule has 1 N–H and O–H groups in total. The van der Waals surface area contributed by atoms with Crippen LogP contribution in [0.25, 0.3) is 0 Å². The molecule has 0 spiro atoms. The van der Waals surface area contributed by atoms with E-state index in [0.717, 1.165) is 12.8 Å². The van der Waals surface area contributed by atoms with Crippen LogP contribution in [0.5, 0.6) is 0 Å². The van der Waals surface area contributed by atoms with Crippen LogP contribution in [0.15, 0.2) is 24.3 Å². The molecule has 4 heteroatoms. The van der Waals surface area contributed by atoms with Gasteiger partial charge in [0.15, 0.2) is 0 Å². The minimum Gasteiger partial charge on any atom is -0.355 e. The van der Waals surface area contributed by atoms with Crippen LogP contribution in [0.3, 0.4) is 0 Å². The van der Waals surface area contributed by atoms with Crippen molar-refractivity contribution in [1.29, 1.82) is 0 Å². The molecule has 4 nitrogen and oxygen atoms in total. The molecule has 0 heterocycles. The van der Waals surface area contributed by atoms with Gasteiger partial charge in [0.1, 0.15) is 0 Å². The van der Waals surface area contributed by atoms with Gasteiger partial charge in [0, 0.05) is 20.0 Å². The van der Waals surface area contributed by atoms with E-state index >= 15 is 0 Å². The van der Waals surface area contributed by atoms with Crippen LogP contribution in [-0.4, -0.2) is 25.9 Å². The van der Waals surface area contributed by atoms with Crippen molar-refractivity contribution in [3.8, 4) is 0 Å². The molecule has 17 heavy (non-hydrogen) atoms. The van der Waals surface area contributed by atoms with E-state index in [9.17, 15) is 9.59 Å². The molecule has 0 atom stereocenters. The summed E-state index contributed by atoms with van der Waals surface area (Å²) >= 11 is 0. The average Bonchev–Trinajstić information content (AvgIpc) is 3.20. The molecule has 0 bridgehead atoms. The second-order valence-electron chi connectivity index (χ2n) is 4.27. The zero-order valence-electron chi connectivity index (χ0n) is 10.1. The summed E-state index contributed by atoms with van der Waals surface area (Å²) in [5.74, 6) is 0.0788. The summed E-state index contributed by atoms with van der Waals surface area (Å²) in [6.45, 7) is 0. The zero-order valence-corrected chi connectivity index (χ0v) is 10.1. The monoisotopic (exact) mass is 232 g/mol. The van der Waals surface area contributed by atoms with E-state index in [2.05, 4.69) is 5.32 Å². The minimum atomic E-state index is -0.170. The van der Waals surface area contributed by atoms with Crippen LogP contribution in [0, 0.1) is 5.92 Å². The van der Waals surface area contributed by atoms with Crippen molar-refractivity contribution in [1.82, 2.24) is 5.32 Å². The molecule has 0 unspecified atom stereocenters. The molecule has 1 fully saturated rings. The van der Waals surface area contributed by atoms with E-state index in [1.807, 2.05) is 6.07 Å². The van der Waals surface area contributed by atoms with Gasteiger partial charge in [0.25, 0.3) is 5.91 Å². The molecular weight excluding hydrogens is 216 g/mol. The maximum absolute atomic E-state index is 12.0. The van der Waals surface area contributed by atoms with E-state index in [-0.39, 0.29) is 17.7 Å². The third-order valence-electron chi connectivity index (χ3n) is 2.99. The first-order valence-corrected chi connectivity index (χ1v) is 5.74. The van der Waals surface area contributed by atoms with Gasteiger partial charge in [-0.1, -0.05) is 12.1 Å². The molecule has 0 saturated heterocycles. The van der Waals surface area contributed by atoms with Crippen molar-refractivity contribution in [2.75, 3.05) is 19.0 Å². The second kappa shape index (κ2) is 4.57. The molecular formula is C13H16N2O2. The van der Waals surface area contributed by atoms with Crippen molar-refractivity contribution in [2.24, 2.45) is 5.92 Å². The fourth-order valence-corrected chi connectivity index (χ4v) is 1.82. The fourth-order valence-electron chi connectivity index (χ4n) is 1.82. The maximum Gasteiger partial charge on any atom is 0.253 e. The highest BCUT2D eigenvalue weighted by Crippen LogP contribution is 2.32. The Morgan fingerprint density at radius 2 is 1.94 bits per heavy atom.